The molecule has 3 N–H and O–H groups in total. The van der Waals surface area contributed by atoms with Crippen LogP contribution < -0.4 is 11.1 Å². The smallest absolute Gasteiger partial charge is 0.257 e. The maximum absolute atomic E-state index is 12.3. The summed E-state index contributed by atoms with van der Waals surface area (Å²) in [4.78, 5) is 16.3. The van der Waals surface area contributed by atoms with Crippen molar-refractivity contribution in [3.05, 3.63) is 41.3 Å². The van der Waals surface area contributed by atoms with Crippen LogP contribution in [0.15, 0.2) is 24.4 Å². The minimum absolute atomic E-state index is 0. The summed E-state index contributed by atoms with van der Waals surface area (Å²) in [5.41, 5.74) is 8.90. The van der Waals surface area contributed by atoms with Gasteiger partial charge >= 0.3 is 0 Å². The van der Waals surface area contributed by atoms with Crippen LogP contribution in [0.25, 0.3) is 0 Å². The molecule has 114 valence electrons. The molecule has 2 aromatic rings. The molecule has 1 amide bonds. The zero-order valence-electron chi connectivity index (χ0n) is 12.7. The van der Waals surface area contributed by atoms with Gasteiger partial charge in [0.15, 0.2) is 0 Å². The molecule has 0 saturated carbocycles. The molecule has 2 aromatic heterocycles. The first-order valence-electron chi connectivity index (χ1n) is 6.61. The number of nitrogens with zero attached hydrogens (tertiary/aromatic N) is 2. The van der Waals surface area contributed by atoms with Crippen molar-refractivity contribution in [1.29, 1.82) is 0 Å². The Labute approximate surface area is 131 Å². The molecule has 0 aliphatic rings. The first-order valence-corrected chi connectivity index (χ1v) is 6.61. The van der Waals surface area contributed by atoms with Crippen LogP contribution in [0.1, 0.15) is 41.6 Å². The van der Waals surface area contributed by atoms with E-state index < -0.39 is 0 Å². The van der Waals surface area contributed by atoms with E-state index in [2.05, 4.69) is 28.7 Å². The molecule has 0 aliphatic carbocycles. The van der Waals surface area contributed by atoms with Crippen molar-refractivity contribution < 1.29 is 4.79 Å². The molecule has 0 fully saturated rings. The van der Waals surface area contributed by atoms with Gasteiger partial charge in [-0.3, -0.25) is 4.79 Å². The van der Waals surface area contributed by atoms with Crippen molar-refractivity contribution in [2.75, 3.05) is 11.1 Å². The molecule has 0 unspecified atom stereocenters. The fourth-order valence-corrected chi connectivity index (χ4v) is 2.48. The van der Waals surface area contributed by atoms with Gasteiger partial charge in [-0.25, -0.2) is 4.98 Å². The minimum Gasteiger partial charge on any atom is -0.384 e. The Morgan fingerprint density at radius 2 is 2.00 bits per heavy atom. The second-order valence-electron chi connectivity index (χ2n) is 5.17. The van der Waals surface area contributed by atoms with Gasteiger partial charge in [0.1, 0.15) is 5.82 Å². The lowest BCUT2D eigenvalue weighted by Crippen LogP contribution is -2.14. The summed E-state index contributed by atoms with van der Waals surface area (Å²) in [6, 6.07) is 5.64. The highest BCUT2D eigenvalue weighted by molar-refractivity contribution is 6.05. The highest BCUT2D eigenvalue weighted by Crippen LogP contribution is 2.21. The number of carbonyl (C=O) groups excluding carboxylic acids is 1. The second-order valence-corrected chi connectivity index (χ2v) is 5.17. The summed E-state index contributed by atoms with van der Waals surface area (Å²) in [5.74, 6) is 0.303. The summed E-state index contributed by atoms with van der Waals surface area (Å²) >= 11 is 0. The molecule has 0 saturated heterocycles. The van der Waals surface area contributed by atoms with E-state index in [1.165, 1.54) is 0 Å². The van der Waals surface area contributed by atoms with E-state index in [1.54, 1.807) is 18.3 Å². The normalized spacial score (nSPS) is 10.3. The van der Waals surface area contributed by atoms with E-state index in [1.807, 2.05) is 19.9 Å². The van der Waals surface area contributed by atoms with Gasteiger partial charge in [0.25, 0.3) is 5.91 Å². The minimum atomic E-state index is -0.128. The van der Waals surface area contributed by atoms with Gasteiger partial charge in [0.2, 0.25) is 0 Å². The molecule has 0 bridgehead atoms. The number of nitrogens with two attached hydrogens (primary N) is 1. The highest BCUT2D eigenvalue weighted by Gasteiger charge is 2.17. The van der Waals surface area contributed by atoms with E-state index in [0.717, 1.165) is 11.4 Å². The standard InChI is InChI=1S/C15H20N4O.ClH/c1-9(2)19-10(3)7-13(11(19)4)15(20)18-12-5-6-14(16)17-8-12;/h5-9H,1-4H3,(H2,16,17)(H,18,20);1H. The molecular formula is C15H21ClN4O. The summed E-state index contributed by atoms with van der Waals surface area (Å²) < 4.78 is 2.15. The van der Waals surface area contributed by atoms with Crippen molar-refractivity contribution in [3.63, 3.8) is 0 Å². The number of nitrogen functional groups attached to an aromatic ring is 1. The molecule has 2 rings (SSSR count). The summed E-state index contributed by atoms with van der Waals surface area (Å²) in [5, 5.41) is 2.84. The molecule has 0 aliphatic heterocycles. The predicted octanol–water partition coefficient (Wildman–Crippen LogP) is 3.34. The third-order valence-corrected chi connectivity index (χ3v) is 3.29. The Hall–Kier alpha value is -2.01. The lowest BCUT2D eigenvalue weighted by atomic mass is 10.2. The molecular weight excluding hydrogens is 288 g/mol. The van der Waals surface area contributed by atoms with Gasteiger partial charge < -0.3 is 15.6 Å². The number of nitrogens with one attached hydrogen (secondary N) is 1. The highest BCUT2D eigenvalue weighted by atomic mass is 35.5. The van der Waals surface area contributed by atoms with Crippen LogP contribution in [-0.2, 0) is 0 Å². The molecule has 5 nitrogen and oxygen atoms in total. The van der Waals surface area contributed by atoms with Crippen molar-refractivity contribution in [3.8, 4) is 0 Å². The van der Waals surface area contributed by atoms with Gasteiger partial charge in [-0.15, -0.1) is 12.4 Å². The van der Waals surface area contributed by atoms with Crippen LogP contribution >= 0.6 is 12.4 Å². The maximum atomic E-state index is 12.3. The Morgan fingerprint density at radius 1 is 1.33 bits per heavy atom. The first kappa shape index (κ1) is 17.0. The number of carbonyl (C=O) groups is 1. The van der Waals surface area contributed by atoms with Crippen molar-refractivity contribution in [1.82, 2.24) is 9.55 Å². The Bertz CT molecular complexity index is 632. The molecule has 6 heteroatoms. The number of rotatable bonds is 3. The van der Waals surface area contributed by atoms with Gasteiger partial charge in [0.05, 0.1) is 17.4 Å². The van der Waals surface area contributed by atoms with Crippen LogP contribution in [0.5, 0.6) is 0 Å². The molecule has 0 atom stereocenters. The van der Waals surface area contributed by atoms with Crippen molar-refractivity contribution in [2.45, 2.75) is 33.7 Å². The third kappa shape index (κ3) is 3.55. The fraction of sp³-hybridized carbons (Fsp3) is 0.333. The van der Waals surface area contributed by atoms with E-state index >= 15 is 0 Å². The van der Waals surface area contributed by atoms with Crippen LogP contribution in [0.3, 0.4) is 0 Å². The number of hydrogen-bond donors (Lipinski definition) is 2. The molecule has 21 heavy (non-hydrogen) atoms. The Balaban J connectivity index is 0.00000220. The number of aromatic nitrogens is 2. The van der Waals surface area contributed by atoms with E-state index in [0.29, 0.717) is 23.1 Å². The van der Waals surface area contributed by atoms with Gasteiger partial charge in [-0.1, -0.05) is 0 Å². The number of anilines is 2. The number of hydrogen-bond acceptors (Lipinski definition) is 3. The fourth-order valence-electron chi connectivity index (χ4n) is 2.48. The van der Waals surface area contributed by atoms with Crippen LogP contribution in [0.4, 0.5) is 11.5 Å². The van der Waals surface area contributed by atoms with Crippen LogP contribution in [-0.4, -0.2) is 15.5 Å². The lowest BCUT2D eigenvalue weighted by molar-refractivity contribution is 0.102. The van der Waals surface area contributed by atoms with E-state index in [4.69, 9.17) is 5.73 Å². The largest absolute Gasteiger partial charge is 0.384 e. The molecule has 0 spiro atoms. The van der Waals surface area contributed by atoms with E-state index in [-0.39, 0.29) is 18.3 Å². The number of halogens is 1. The zero-order valence-corrected chi connectivity index (χ0v) is 13.5. The SMILES string of the molecule is Cc1cc(C(=O)Nc2ccc(N)nc2)c(C)n1C(C)C.Cl. The van der Waals surface area contributed by atoms with Crippen LogP contribution in [0.2, 0.25) is 0 Å². The van der Waals surface area contributed by atoms with Crippen molar-refractivity contribution in [2.24, 2.45) is 0 Å². The zero-order chi connectivity index (χ0) is 14.9. The van der Waals surface area contributed by atoms with Crippen LogP contribution in [0, 0.1) is 13.8 Å². The summed E-state index contributed by atoms with van der Waals surface area (Å²) in [6.07, 6.45) is 1.55. The predicted molar refractivity (Wildman–Crippen MR) is 88.1 cm³/mol. The summed E-state index contributed by atoms with van der Waals surface area (Å²) in [6.45, 7) is 8.18. The molecule has 2 heterocycles. The Morgan fingerprint density at radius 3 is 2.48 bits per heavy atom. The quantitative estimate of drug-likeness (QED) is 0.913. The second kappa shape index (κ2) is 6.63. The maximum Gasteiger partial charge on any atom is 0.257 e. The van der Waals surface area contributed by atoms with Gasteiger partial charge in [-0.2, -0.15) is 0 Å². The lowest BCUT2D eigenvalue weighted by Gasteiger charge is -2.13. The monoisotopic (exact) mass is 308 g/mol. The average Bonchev–Trinajstić information content (AvgIpc) is 2.67. The van der Waals surface area contributed by atoms with Gasteiger partial charge in [0, 0.05) is 17.4 Å². The average molecular weight is 309 g/mol. The molecule has 0 aromatic carbocycles. The number of aryl methyl sites for hydroxylation is 1. The van der Waals surface area contributed by atoms with E-state index in [9.17, 15) is 4.79 Å². The van der Waals surface area contributed by atoms with Crippen molar-refractivity contribution >= 4 is 29.8 Å². The Kier molecular flexibility index (Phi) is 5.38. The number of pyridine rings is 1. The summed E-state index contributed by atoms with van der Waals surface area (Å²) in [7, 11) is 0. The number of amides is 1. The molecule has 0 radical (unpaired) electrons. The van der Waals surface area contributed by atoms with Gasteiger partial charge in [-0.05, 0) is 45.9 Å². The topological polar surface area (TPSA) is 72.9 Å². The first-order chi connectivity index (χ1) is 9.40. The third-order valence-electron chi connectivity index (χ3n) is 3.29.